The van der Waals surface area contributed by atoms with Crippen LogP contribution in [0.25, 0.3) is 0 Å². The Morgan fingerprint density at radius 1 is 1.55 bits per heavy atom. The number of nitrogens with zero attached hydrogens (tertiary/aromatic N) is 2. The second kappa shape index (κ2) is 6.00. The maximum Gasteiger partial charge on any atom is 0.270 e. The third kappa shape index (κ3) is 2.80. The van der Waals surface area contributed by atoms with Crippen molar-refractivity contribution in [3.05, 3.63) is 39.4 Å². The molecule has 1 saturated heterocycles. The first-order chi connectivity index (χ1) is 9.54. The number of hydrogen-bond acceptors (Lipinski definition) is 4. The van der Waals surface area contributed by atoms with E-state index in [4.69, 9.17) is 0 Å². The van der Waals surface area contributed by atoms with E-state index < -0.39 is 4.92 Å². The molecule has 20 heavy (non-hydrogen) atoms. The monoisotopic (exact) mass is 277 g/mol. The molecular weight excluding hydrogens is 258 g/mol. The molecule has 1 aromatic rings. The summed E-state index contributed by atoms with van der Waals surface area (Å²) in [4.78, 5) is 24.8. The van der Waals surface area contributed by atoms with Gasteiger partial charge in [0.25, 0.3) is 11.6 Å². The van der Waals surface area contributed by atoms with Crippen molar-refractivity contribution in [3.8, 4) is 0 Å². The predicted octanol–water partition coefficient (Wildman–Crippen LogP) is 1.73. The number of carbonyl (C=O) groups excluding carboxylic acids is 1. The van der Waals surface area contributed by atoms with Crippen molar-refractivity contribution in [2.45, 2.75) is 25.8 Å². The Morgan fingerprint density at radius 2 is 2.30 bits per heavy atom. The van der Waals surface area contributed by atoms with E-state index in [2.05, 4.69) is 5.32 Å². The van der Waals surface area contributed by atoms with Gasteiger partial charge in [-0.25, -0.2) is 0 Å². The normalized spacial score (nSPS) is 18.3. The van der Waals surface area contributed by atoms with Gasteiger partial charge in [0, 0.05) is 36.8 Å². The van der Waals surface area contributed by atoms with Gasteiger partial charge in [0.2, 0.25) is 0 Å². The van der Waals surface area contributed by atoms with Crippen molar-refractivity contribution in [3.63, 3.8) is 0 Å². The van der Waals surface area contributed by atoms with Gasteiger partial charge in [-0.05, 0) is 32.4 Å². The van der Waals surface area contributed by atoms with E-state index in [1.165, 1.54) is 12.1 Å². The SMILES string of the molecule is CNCC1CCCN1C(=O)c1cc([N+](=O)[O-])ccc1C. The van der Waals surface area contributed by atoms with Crippen LogP contribution >= 0.6 is 0 Å². The maximum absolute atomic E-state index is 12.6. The fraction of sp³-hybridized carbons (Fsp3) is 0.500. The molecule has 1 fully saturated rings. The highest BCUT2D eigenvalue weighted by molar-refractivity contribution is 5.96. The van der Waals surface area contributed by atoms with Crippen LogP contribution in [0.15, 0.2) is 18.2 Å². The molecule has 6 nitrogen and oxygen atoms in total. The number of nitro groups is 1. The summed E-state index contributed by atoms with van der Waals surface area (Å²) >= 11 is 0. The molecule has 1 unspecified atom stereocenters. The molecule has 0 bridgehead atoms. The number of nitrogens with one attached hydrogen (secondary N) is 1. The van der Waals surface area contributed by atoms with Crippen molar-refractivity contribution in [1.29, 1.82) is 0 Å². The van der Waals surface area contributed by atoms with Gasteiger partial charge in [0.15, 0.2) is 0 Å². The van der Waals surface area contributed by atoms with Crippen LogP contribution in [0, 0.1) is 17.0 Å². The number of non-ortho nitro benzene ring substituents is 1. The molecule has 6 heteroatoms. The minimum Gasteiger partial charge on any atom is -0.334 e. The lowest BCUT2D eigenvalue weighted by molar-refractivity contribution is -0.384. The minimum absolute atomic E-state index is 0.0386. The van der Waals surface area contributed by atoms with E-state index in [-0.39, 0.29) is 17.6 Å². The van der Waals surface area contributed by atoms with Crippen LogP contribution in [0.3, 0.4) is 0 Å². The van der Waals surface area contributed by atoms with Crippen LogP contribution in [0.1, 0.15) is 28.8 Å². The Morgan fingerprint density at radius 3 is 2.95 bits per heavy atom. The van der Waals surface area contributed by atoms with Crippen molar-refractivity contribution in [2.75, 3.05) is 20.1 Å². The van der Waals surface area contributed by atoms with E-state index in [0.717, 1.165) is 24.9 Å². The van der Waals surface area contributed by atoms with Crippen LogP contribution in [0.2, 0.25) is 0 Å². The molecular formula is C14H19N3O3. The highest BCUT2D eigenvalue weighted by Crippen LogP contribution is 2.23. The fourth-order valence-electron chi connectivity index (χ4n) is 2.66. The number of hydrogen-bond donors (Lipinski definition) is 1. The molecule has 1 aromatic carbocycles. The number of carbonyl (C=O) groups is 1. The Bertz CT molecular complexity index is 530. The molecule has 0 aromatic heterocycles. The van der Waals surface area contributed by atoms with Gasteiger partial charge in [-0.2, -0.15) is 0 Å². The van der Waals surface area contributed by atoms with Crippen molar-refractivity contribution in [1.82, 2.24) is 10.2 Å². The van der Waals surface area contributed by atoms with Gasteiger partial charge in [-0.15, -0.1) is 0 Å². The molecule has 108 valence electrons. The van der Waals surface area contributed by atoms with Gasteiger partial charge >= 0.3 is 0 Å². The summed E-state index contributed by atoms with van der Waals surface area (Å²) in [6.45, 7) is 3.27. The number of likely N-dealkylation sites (tertiary alicyclic amines) is 1. The summed E-state index contributed by atoms with van der Waals surface area (Å²) in [6, 6.07) is 4.62. The molecule has 0 saturated carbocycles. The van der Waals surface area contributed by atoms with Gasteiger partial charge in [-0.1, -0.05) is 6.07 Å². The summed E-state index contributed by atoms with van der Waals surface area (Å²) < 4.78 is 0. The summed E-state index contributed by atoms with van der Waals surface area (Å²) in [5, 5.41) is 13.9. The van der Waals surface area contributed by atoms with Crippen molar-refractivity contribution >= 4 is 11.6 Å². The van der Waals surface area contributed by atoms with Crippen LogP contribution < -0.4 is 5.32 Å². The maximum atomic E-state index is 12.6. The zero-order valence-electron chi connectivity index (χ0n) is 11.8. The van der Waals surface area contributed by atoms with Crippen LogP contribution in [0.5, 0.6) is 0 Å². The average molecular weight is 277 g/mol. The average Bonchev–Trinajstić information content (AvgIpc) is 2.87. The molecule has 1 aliphatic heterocycles. The van der Waals surface area contributed by atoms with E-state index in [1.54, 1.807) is 13.0 Å². The number of rotatable bonds is 4. The summed E-state index contributed by atoms with van der Waals surface area (Å²) in [7, 11) is 1.86. The summed E-state index contributed by atoms with van der Waals surface area (Å²) in [6.07, 6.45) is 1.95. The first kappa shape index (κ1) is 14.5. The Labute approximate surface area is 117 Å². The summed E-state index contributed by atoms with van der Waals surface area (Å²) in [5.74, 6) is -0.107. The molecule has 1 aliphatic rings. The number of benzene rings is 1. The van der Waals surface area contributed by atoms with Crippen molar-refractivity contribution in [2.24, 2.45) is 0 Å². The lowest BCUT2D eigenvalue weighted by Crippen LogP contribution is -2.41. The number of nitro benzene ring substituents is 1. The highest BCUT2D eigenvalue weighted by Gasteiger charge is 2.30. The molecule has 1 amide bonds. The smallest absolute Gasteiger partial charge is 0.270 e. The first-order valence-electron chi connectivity index (χ1n) is 6.75. The minimum atomic E-state index is -0.467. The number of aryl methyl sites for hydroxylation is 1. The third-order valence-corrected chi connectivity index (χ3v) is 3.74. The van der Waals surface area contributed by atoms with Gasteiger partial charge in [-0.3, -0.25) is 14.9 Å². The quantitative estimate of drug-likeness (QED) is 0.671. The van der Waals surface area contributed by atoms with Gasteiger partial charge in [0.1, 0.15) is 0 Å². The highest BCUT2D eigenvalue weighted by atomic mass is 16.6. The molecule has 1 heterocycles. The van der Waals surface area contributed by atoms with E-state index in [9.17, 15) is 14.9 Å². The van der Waals surface area contributed by atoms with E-state index in [1.807, 2.05) is 11.9 Å². The van der Waals surface area contributed by atoms with Gasteiger partial charge < -0.3 is 10.2 Å². The Kier molecular flexibility index (Phi) is 4.34. The van der Waals surface area contributed by atoms with E-state index >= 15 is 0 Å². The molecule has 1 atom stereocenters. The number of likely N-dealkylation sites (N-methyl/N-ethyl adjacent to an activating group) is 1. The largest absolute Gasteiger partial charge is 0.334 e. The zero-order chi connectivity index (χ0) is 14.7. The van der Waals surface area contributed by atoms with E-state index in [0.29, 0.717) is 12.1 Å². The predicted molar refractivity (Wildman–Crippen MR) is 75.8 cm³/mol. The lowest BCUT2D eigenvalue weighted by Gasteiger charge is -2.25. The zero-order valence-corrected chi connectivity index (χ0v) is 11.8. The van der Waals surface area contributed by atoms with Crippen LogP contribution in [-0.2, 0) is 0 Å². The second-order valence-electron chi connectivity index (χ2n) is 5.11. The topological polar surface area (TPSA) is 75.5 Å². The molecule has 0 spiro atoms. The molecule has 0 radical (unpaired) electrons. The third-order valence-electron chi connectivity index (χ3n) is 3.74. The Balaban J connectivity index is 2.28. The fourth-order valence-corrected chi connectivity index (χ4v) is 2.66. The molecule has 1 N–H and O–H groups in total. The molecule has 0 aliphatic carbocycles. The first-order valence-corrected chi connectivity index (χ1v) is 6.75. The standard InChI is InChI=1S/C14H19N3O3/c1-10-5-6-11(17(19)20)8-13(10)14(18)16-7-3-4-12(16)9-15-2/h5-6,8,12,15H,3-4,7,9H2,1-2H3. The van der Waals surface area contributed by atoms with Crippen molar-refractivity contribution < 1.29 is 9.72 Å². The summed E-state index contributed by atoms with van der Waals surface area (Å²) in [5.41, 5.74) is 1.17. The van der Waals surface area contributed by atoms with Crippen LogP contribution in [-0.4, -0.2) is 41.9 Å². The molecule has 2 rings (SSSR count). The van der Waals surface area contributed by atoms with Crippen LogP contribution in [0.4, 0.5) is 5.69 Å². The number of amides is 1. The Hall–Kier alpha value is -1.95. The van der Waals surface area contributed by atoms with Gasteiger partial charge in [0.05, 0.1) is 4.92 Å². The lowest BCUT2D eigenvalue weighted by atomic mass is 10.1. The second-order valence-corrected chi connectivity index (χ2v) is 5.11.